The minimum Gasteiger partial charge on any atom is -0.466 e. The second-order valence-electron chi connectivity index (χ2n) is 3.47. The predicted octanol–water partition coefficient (Wildman–Crippen LogP) is 0.508. The third-order valence-electron chi connectivity index (χ3n) is 2.43. The minimum absolute atomic E-state index is 0.0562. The number of ether oxygens (including phenoxy) is 1. The fourth-order valence-corrected chi connectivity index (χ4v) is 1.62. The lowest BCUT2D eigenvalue weighted by Crippen LogP contribution is -2.37. The van der Waals surface area contributed by atoms with E-state index in [1.165, 1.54) is 0 Å². The number of carbonyl (C=O) groups is 2. The zero-order valence-corrected chi connectivity index (χ0v) is 8.54. The van der Waals surface area contributed by atoms with Crippen LogP contribution in [0.5, 0.6) is 0 Å². The SMILES string of the molecule is CCOC(=O)CCC1CCNCC1=O. The summed E-state index contributed by atoms with van der Waals surface area (Å²) in [6.07, 6.45) is 1.85. The molecule has 1 saturated heterocycles. The molecule has 1 N–H and O–H groups in total. The van der Waals surface area contributed by atoms with Crippen LogP contribution in [0.15, 0.2) is 0 Å². The fourth-order valence-electron chi connectivity index (χ4n) is 1.62. The molecule has 1 aliphatic heterocycles. The molecule has 4 nitrogen and oxygen atoms in total. The van der Waals surface area contributed by atoms with Crippen molar-refractivity contribution in [3.63, 3.8) is 0 Å². The largest absolute Gasteiger partial charge is 0.466 e. The third-order valence-corrected chi connectivity index (χ3v) is 2.43. The molecule has 4 heteroatoms. The summed E-state index contributed by atoms with van der Waals surface area (Å²) in [7, 11) is 0. The van der Waals surface area contributed by atoms with Gasteiger partial charge in [0.05, 0.1) is 13.2 Å². The maximum atomic E-state index is 11.4. The van der Waals surface area contributed by atoms with Crippen molar-refractivity contribution < 1.29 is 14.3 Å². The highest BCUT2D eigenvalue weighted by atomic mass is 16.5. The molecular formula is C10H17NO3. The molecule has 0 radical (unpaired) electrons. The number of esters is 1. The van der Waals surface area contributed by atoms with Gasteiger partial charge in [0.2, 0.25) is 0 Å². The van der Waals surface area contributed by atoms with Crippen LogP contribution in [0.2, 0.25) is 0 Å². The van der Waals surface area contributed by atoms with Crippen molar-refractivity contribution in [3.8, 4) is 0 Å². The lowest BCUT2D eigenvalue weighted by atomic mass is 9.92. The second-order valence-corrected chi connectivity index (χ2v) is 3.47. The summed E-state index contributed by atoms with van der Waals surface area (Å²) in [5.41, 5.74) is 0. The number of nitrogens with one attached hydrogen (secondary N) is 1. The van der Waals surface area contributed by atoms with Gasteiger partial charge in [0.25, 0.3) is 0 Å². The molecule has 0 aromatic carbocycles. The van der Waals surface area contributed by atoms with Gasteiger partial charge in [0, 0.05) is 12.3 Å². The number of carbonyl (C=O) groups excluding carboxylic acids is 2. The van der Waals surface area contributed by atoms with E-state index in [1.807, 2.05) is 0 Å². The van der Waals surface area contributed by atoms with Gasteiger partial charge < -0.3 is 10.1 Å². The van der Waals surface area contributed by atoms with Gasteiger partial charge in [-0.25, -0.2) is 0 Å². The maximum Gasteiger partial charge on any atom is 0.305 e. The van der Waals surface area contributed by atoms with Gasteiger partial charge in [-0.3, -0.25) is 9.59 Å². The molecule has 0 aromatic heterocycles. The van der Waals surface area contributed by atoms with Crippen LogP contribution in [0.3, 0.4) is 0 Å². The summed E-state index contributed by atoms with van der Waals surface area (Å²) in [5, 5.41) is 3.01. The third kappa shape index (κ3) is 3.46. The zero-order valence-electron chi connectivity index (χ0n) is 8.54. The van der Waals surface area contributed by atoms with Crippen LogP contribution in [0.4, 0.5) is 0 Å². The molecule has 1 aliphatic rings. The average Bonchev–Trinajstić information content (AvgIpc) is 2.17. The molecule has 1 rings (SSSR count). The van der Waals surface area contributed by atoms with Gasteiger partial charge in [-0.05, 0) is 26.3 Å². The lowest BCUT2D eigenvalue weighted by molar-refractivity contribution is -0.143. The highest BCUT2D eigenvalue weighted by molar-refractivity contribution is 5.84. The minimum atomic E-state index is -0.196. The molecular weight excluding hydrogens is 182 g/mol. The van der Waals surface area contributed by atoms with Crippen molar-refractivity contribution >= 4 is 11.8 Å². The molecule has 80 valence electrons. The molecule has 14 heavy (non-hydrogen) atoms. The highest BCUT2D eigenvalue weighted by Crippen LogP contribution is 2.15. The van der Waals surface area contributed by atoms with Gasteiger partial charge in [-0.2, -0.15) is 0 Å². The van der Waals surface area contributed by atoms with Crippen LogP contribution in [0.25, 0.3) is 0 Å². The lowest BCUT2D eigenvalue weighted by Gasteiger charge is -2.20. The molecule has 0 aliphatic carbocycles. The first kappa shape index (κ1) is 11.2. The number of Topliss-reactive ketones (excluding diaryl/α,β-unsaturated/α-hetero) is 1. The monoisotopic (exact) mass is 199 g/mol. The van der Waals surface area contributed by atoms with Crippen molar-refractivity contribution in [1.29, 1.82) is 0 Å². The molecule has 0 saturated carbocycles. The van der Waals surface area contributed by atoms with Crippen LogP contribution < -0.4 is 5.32 Å². The van der Waals surface area contributed by atoms with Gasteiger partial charge in [0.15, 0.2) is 0 Å². The number of piperidine rings is 1. The quantitative estimate of drug-likeness (QED) is 0.670. The van der Waals surface area contributed by atoms with Gasteiger partial charge in [-0.1, -0.05) is 0 Å². The van der Waals surface area contributed by atoms with Crippen LogP contribution in [-0.2, 0) is 14.3 Å². The molecule has 0 amide bonds. The Labute approximate surface area is 84.0 Å². The summed E-state index contributed by atoms with van der Waals surface area (Å²) in [4.78, 5) is 22.4. The van der Waals surface area contributed by atoms with E-state index in [0.717, 1.165) is 13.0 Å². The Morgan fingerprint density at radius 1 is 1.64 bits per heavy atom. The Morgan fingerprint density at radius 3 is 3.07 bits per heavy atom. The number of rotatable bonds is 4. The van der Waals surface area contributed by atoms with Crippen LogP contribution in [0.1, 0.15) is 26.2 Å². The van der Waals surface area contributed by atoms with Crippen molar-refractivity contribution in [2.75, 3.05) is 19.7 Å². The summed E-state index contributed by atoms with van der Waals surface area (Å²) in [6.45, 7) is 3.53. The van der Waals surface area contributed by atoms with E-state index < -0.39 is 0 Å². The van der Waals surface area contributed by atoms with E-state index in [4.69, 9.17) is 4.74 Å². The standard InChI is InChI=1S/C10H17NO3/c1-2-14-10(13)4-3-8-5-6-11-7-9(8)12/h8,11H,2-7H2,1H3. The Kier molecular flexibility index (Phi) is 4.59. The first-order chi connectivity index (χ1) is 6.74. The smallest absolute Gasteiger partial charge is 0.305 e. The normalized spacial score (nSPS) is 22.1. The van der Waals surface area contributed by atoms with Crippen LogP contribution in [-0.4, -0.2) is 31.4 Å². The Balaban J connectivity index is 2.22. The molecule has 0 aromatic rings. The maximum absolute atomic E-state index is 11.4. The van der Waals surface area contributed by atoms with Gasteiger partial charge >= 0.3 is 5.97 Å². The van der Waals surface area contributed by atoms with Gasteiger partial charge in [0.1, 0.15) is 5.78 Å². The van der Waals surface area contributed by atoms with E-state index in [1.54, 1.807) is 6.92 Å². The Hall–Kier alpha value is -0.900. The van der Waals surface area contributed by atoms with Crippen molar-refractivity contribution in [2.24, 2.45) is 5.92 Å². The Morgan fingerprint density at radius 2 is 2.43 bits per heavy atom. The molecule has 0 spiro atoms. The average molecular weight is 199 g/mol. The number of ketones is 1. The van der Waals surface area contributed by atoms with E-state index in [9.17, 15) is 9.59 Å². The predicted molar refractivity (Wildman–Crippen MR) is 51.9 cm³/mol. The number of hydrogen-bond acceptors (Lipinski definition) is 4. The summed E-state index contributed by atoms with van der Waals surface area (Å²) in [6, 6.07) is 0. The van der Waals surface area contributed by atoms with Crippen LogP contribution >= 0.6 is 0 Å². The molecule has 0 bridgehead atoms. The van der Waals surface area contributed by atoms with Crippen molar-refractivity contribution in [3.05, 3.63) is 0 Å². The summed E-state index contributed by atoms with van der Waals surface area (Å²) < 4.78 is 4.80. The molecule has 1 atom stereocenters. The topological polar surface area (TPSA) is 55.4 Å². The van der Waals surface area contributed by atoms with Gasteiger partial charge in [-0.15, -0.1) is 0 Å². The Bertz CT molecular complexity index is 215. The molecule has 1 heterocycles. The highest BCUT2D eigenvalue weighted by Gasteiger charge is 2.22. The second kappa shape index (κ2) is 5.75. The van der Waals surface area contributed by atoms with E-state index in [2.05, 4.69) is 5.32 Å². The van der Waals surface area contributed by atoms with E-state index in [0.29, 0.717) is 26.0 Å². The molecule has 1 fully saturated rings. The zero-order chi connectivity index (χ0) is 10.4. The van der Waals surface area contributed by atoms with Crippen molar-refractivity contribution in [2.45, 2.75) is 26.2 Å². The van der Waals surface area contributed by atoms with E-state index in [-0.39, 0.29) is 17.7 Å². The van der Waals surface area contributed by atoms with E-state index >= 15 is 0 Å². The summed E-state index contributed by atoms with van der Waals surface area (Å²) >= 11 is 0. The number of hydrogen-bond donors (Lipinski definition) is 1. The summed E-state index contributed by atoms with van der Waals surface area (Å²) in [5.74, 6) is 0.0834. The van der Waals surface area contributed by atoms with Crippen molar-refractivity contribution in [1.82, 2.24) is 5.32 Å². The molecule has 1 unspecified atom stereocenters. The first-order valence-electron chi connectivity index (χ1n) is 5.13. The first-order valence-corrected chi connectivity index (χ1v) is 5.13. The van der Waals surface area contributed by atoms with Crippen LogP contribution in [0, 0.1) is 5.92 Å². The fraction of sp³-hybridized carbons (Fsp3) is 0.800.